The third-order valence-corrected chi connectivity index (χ3v) is 3.89. The minimum Gasteiger partial charge on any atom is -0.484 e. The van der Waals surface area contributed by atoms with Gasteiger partial charge in [0.25, 0.3) is 5.91 Å². The zero-order chi connectivity index (χ0) is 24.4. The van der Waals surface area contributed by atoms with Crippen LogP contribution in [0.1, 0.15) is 12.5 Å². The number of anilines is 2. The molecule has 0 aliphatic rings. The van der Waals surface area contributed by atoms with Crippen molar-refractivity contribution in [3.05, 3.63) is 52.8 Å². The normalized spacial score (nSPS) is 13.5. The molecule has 0 spiro atoms. The van der Waals surface area contributed by atoms with Gasteiger partial charge in [-0.2, -0.15) is 22.0 Å². The van der Waals surface area contributed by atoms with Crippen molar-refractivity contribution in [3.63, 3.8) is 0 Å². The number of carbonyl (C=O) groups excluding carboxylic acids is 1. The van der Waals surface area contributed by atoms with E-state index in [0.29, 0.717) is 13.0 Å². The second-order valence-corrected chi connectivity index (χ2v) is 6.37. The molecule has 0 aromatic heterocycles. The maximum atomic E-state index is 13.6. The molecule has 4 N–H and O–H groups in total. The van der Waals surface area contributed by atoms with Gasteiger partial charge in [0.2, 0.25) is 29.1 Å². The summed E-state index contributed by atoms with van der Waals surface area (Å²) in [5, 5.41) is 20.2. The fraction of sp³-hybridized carbons (Fsp3) is 0.235. The molecule has 0 bridgehead atoms. The van der Waals surface area contributed by atoms with Crippen molar-refractivity contribution >= 4 is 17.3 Å². The quantitative estimate of drug-likeness (QED) is 0.159. The van der Waals surface area contributed by atoms with Crippen LogP contribution in [0.2, 0.25) is 0 Å². The van der Waals surface area contributed by atoms with E-state index < -0.39 is 76.1 Å². The van der Waals surface area contributed by atoms with Crippen molar-refractivity contribution in [1.82, 2.24) is 0 Å². The van der Waals surface area contributed by atoms with Gasteiger partial charge in [0.1, 0.15) is 6.61 Å². The van der Waals surface area contributed by atoms with Gasteiger partial charge in [-0.05, 0) is 25.1 Å². The number of hydrogen-bond acceptors (Lipinski definition) is 6. The highest BCUT2D eigenvalue weighted by atomic mass is 19.4. The third kappa shape index (κ3) is 5.17. The summed E-state index contributed by atoms with van der Waals surface area (Å²) in [4.78, 5) is 15.6. The summed E-state index contributed by atoms with van der Waals surface area (Å²) in [6.45, 7) is -0.643. The topological polar surface area (TPSA) is 100 Å². The van der Waals surface area contributed by atoms with Gasteiger partial charge < -0.3 is 15.2 Å². The Morgan fingerprint density at radius 3 is 2.03 bits per heavy atom. The Kier molecular flexibility index (Phi) is 7.16. The van der Waals surface area contributed by atoms with E-state index in [1.54, 1.807) is 5.48 Å². The van der Waals surface area contributed by atoms with E-state index in [9.17, 15) is 45.0 Å². The van der Waals surface area contributed by atoms with Crippen LogP contribution in [0.5, 0.6) is 5.75 Å². The van der Waals surface area contributed by atoms with E-state index in [1.165, 1.54) is 0 Å². The Morgan fingerprint density at radius 2 is 1.53 bits per heavy atom. The van der Waals surface area contributed by atoms with Crippen LogP contribution in [0.25, 0.3) is 0 Å². The molecule has 1 amide bonds. The molecule has 2 aromatic rings. The molecule has 176 valence electrons. The van der Waals surface area contributed by atoms with Gasteiger partial charge in [-0.15, -0.1) is 4.99 Å². The Balaban J connectivity index is 2.22. The van der Waals surface area contributed by atoms with Crippen LogP contribution in [-0.4, -0.2) is 28.5 Å². The molecular formula is C17H12F8N2O5. The second-order valence-electron chi connectivity index (χ2n) is 6.37. The van der Waals surface area contributed by atoms with Crippen molar-refractivity contribution in [1.29, 1.82) is 0 Å². The van der Waals surface area contributed by atoms with Crippen LogP contribution in [0, 0.1) is 29.1 Å². The van der Waals surface area contributed by atoms with Crippen molar-refractivity contribution in [3.8, 4) is 5.75 Å². The summed E-state index contributed by atoms with van der Waals surface area (Å²) >= 11 is 0. The van der Waals surface area contributed by atoms with E-state index in [1.807, 2.05) is 5.32 Å². The predicted molar refractivity (Wildman–Crippen MR) is 89.8 cm³/mol. The lowest BCUT2D eigenvalue weighted by molar-refractivity contribution is -0.216. The SMILES string of the molecule is C[C@@](O)(COc1c(F)c(F)c(F)c(F)c1F)C(=O)Nc1ccc(NOO)c(C(F)(F)F)c1. The van der Waals surface area contributed by atoms with Gasteiger partial charge in [0.15, 0.2) is 11.4 Å². The number of aliphatic hydroxyl groups is 1. The van der Waals surface area contributed by atoms with Gasteiger partial charge >= 0.3 is 6.18 Å². The number of rotatable bonds is 7. The first-order chi connectivity index (χ1) is 14.7. The maximum Gasteiger partial charge on any atom is 0.418 e. The summed E-state index contributed by atoms with van der Waals surface area (Å²) < 4.78 is 110. The molecule has 32 heavy (non-hydrogen) atoms. The van der Waals surface area contributed by atoms with Gasteiger partial charge in [-0.3, -0.25) is 4.79 Å². The monoisotopic (exact) mass is 476 g/mol. The van der Waals surface area contributed by atoms with Crippen LogP contribution in [0.3, 0.4) is 0 Å². The zero-order valence-corrected chi connectivity index (χ0v) is 15.6. The first-order valence-corrected chi connectivity index (χ1v) is 8.16. The molecule has 1 atom stereocenters. The highest BCUT2D eigenvalue weighted by Gasteiger charge is 2.36. The van der Waals surface area contributed by atoms with Crippen molar-refractivity contribution < 1.29 is 60.0 Å². The van der Waals surface area contributed by atoms with Crippen LogP contribution in [0.4, 0.5) is 46.5 Å². The van der Waals surface area contributed by atoms with Crippen molar-refractivity contribution in [2.75, 3.05) is 17.4 Å². The average molecular weight is 476 g/mol. The molecule has 0 heterocycles. The minimum absolute atomic E-state index is 0.389. The van der Waals surface area contributed by atoms with Crippen LogP contribution >= 0.6 is 0 Å². The molecule has 15 heteroatoms. The number of alkyl halides is 3. The predicted octanol–water partition coefficient (Wildman–Crippen LogP) is 3.99. The molecule has 0 unspecified atom stereocenters. The van der Waals surface area contributed by atoms with Crippen molar-refractivity contribution in [2.24, 2.45) is 0 Å². The van der Waals surface area contributed by atoms with Crippen LogP contribution in [-0.2, 0) is 16.0 Å². The lowest BCUT2D eigenvalue weighted by atomic mass is 10.1. The molecule has 0 aliphatic heterocycles. The van der Waals surface area contributed by atoms with E-state index in [-0.39, 0.29) is 0 Å². The number of halogens is 8. The number of hydrogen-bond donors (Lipinski definition) is 4. The first kappa shape index (κ1) is 25.1. The smallest absolute Gasteiger partial charge is 0.418 e. The first-order valence-electron chi connectivity index (χ1n) is 8.16. The third-order valence-electron chi connectivity index (χ3n) is 3.89. The summed E-state index contributed by atoms with van der Waals surface area (Å²) in [5.41, 5.74) is -3.82. The summed E-state index contributed by atoms with van der Waals surface area (Å²) in [7, 11) is 0. The van der Waals surface area contributed by atoms with Crippen LogP contribution < -0.4 is 15.5 Å². The van der Waals surface area contributed by atoms with E-state index >= 15 is 0 Å². The van der Waals surface area contributed by atoms with Crippen LogP contribution in [0.15, 0.2) is 18.2 Å². The Bertz CT molecular complexity index is 1000. The highest BCUT2D eigenvalue weighted by Crippen LogP contribution is 2.37. The molecule has 7 nitrogen and oxygen atoms in total. The maximum absolute atomic E-state index is 13.6. The molecule has 2 rings (SSSR count). The standard InChI is InChI=1S/C17H12F8N2O5/c1-16(29,5-31-14-12(21)10(19)9(18)11(20)13(14)22)15(28)26-6-2-3-8(27-32-30)7(4-6)17(23,24)25/h2-4,27,29-30H,5H2,1H3,(H,26,28)/t16-/m1/s1. The molecule has 2 aromatic carbocycles. The fourth-order valence-electron chi connectivity index (χ4n) is 2.25. The fourth-order valence-corrected chi connectivity index (χ4v) is 2.25. The molecule has 0 saturated heterocycles. The average Bonchev–Trinajstić information content (AvgIpc) is 2.71. The van der Waals surface area contributed by atoms with Crippen molar-refractivity contribution in [2.45, 2.75) is 18.7 Å². The lowest BCUT2D eigenvalue weighted by Crippen LogP contribution is -2.45. The number of benzene rings is 2. The highest BCUT2D eigenvalue weighted by molar-refractivity contribution is 5.97. The van der Waals surface area contributed by atoms with E-state index in [4.69, 9.17) is 5.26 Å². The number of carbonyl (C=O) groups is 1. The molecule has 0 radical (unpaired) electrons. The second kappa shape index (κ2) is 9.13. The minimum atomic E-state index is -4.97. The Morgan fingerprint density at radius 1 is 1.00 bits per heavy atom. The Labute approximate surface area is 173 Å². The van der Waals surface area contributed by atoms with Gasteiger partial charge in [0, 0.05) is 5.69 Å². The van der Waals surface area contributed by atoms with Gasteiger partial charge in [-0.25, -0.2) is 23.9 Å². The van der Waals surface area contributed by atoms with Gasteiger partial charge in [0.05, 0.1) is 11.3 Å². The molecular weight excluding hydrogens is 464 g/mol. The lowest BCUT2D eigenvalue weighted by Gasteiger charge is -2.23. The number of ether oxygens (including phenoxy) is 1. The largest absolute Gasteiger partial charge is 0.484 e. The summed E-state index contributed by atoms with van der Waals surface area (Å²) in [6.07, 6.45) is -4.97. The summed E-state index contributed by atoms with van der Waals surface area (Å²) in [6, 6.07) is 2.03. The van der Waals surface area contributed by atoms with Gasteiger partial charge in [-0.1, -0.05) is 0 Å². The Hall–Kier alpha value is -3.17. The van der Waals surface area contributed by atoms with E-state index in [2.05, 4.69) is 9.73 Å². The summed E-state index contributed by atoms with van der Waals surface area (Å²) in [5.74, 6) is -15.1. The molecule has 0 saturated carbocycles. The number of nitrogens with one attached hydrogen (secondary N) is 2. The number of amides is 1. The van der Waals surface area contributed by atoms with E-state index in [0.717, 1.165) is 12.1 Å². The zero-order valence-electron chi connectivity index (χ0n) is 15.6. The molecule has 0 fully saturated rings. The molecule has 0 aliphatic carbocycles.